The number of hydrogen-bond acceptors (Lipinski definition) is 0. The average molecular weight is 417 g/mol. The third kappa shape index (κ3) is 5.65. The van der Waals surface area contributed by atoms with Crippen molar-refractivity contribution in [1.29, 1.82) is 0 Å². The van der Waals surface area contributed by atoms with E-state index in [-0.39, 0.29) is 0 Å². The van der Waals surface area contributed by atoms with Crippen molar-refractivity contribution in [2.24, 2.45) is 0 Å². The van der Waals surface area contributed by atoms with E-state index < -0.39 is 7.26 Å². The molecule has 0 nitrogen and oxygen atoms in total. The van der Waals surface area contributed by atoms with Crippen molar-refractivity contribution in [2.45, 2.75) is 59.3 Å². The lowest BCUT2D eigenvalue weighted by Crippen LogP contribution is -2.22. The van der Waals surface area contributed by atoms with Gasteiger partial charge in [0.2, 0.25) is 0 Å². The molecule has 1 aromatic carbocycles. The zero-order valence-corrected chi connectivity index (χ0v) is 18.3. The Morgan fingerprint density at radius 2 is 1.13 bits per heavy atom. The second kappa shape index (κ2) is 10.7. The Labute approximate surface area is 162 Å². The van der Waals surface area contributed by atoms with Crippen LogP contribution < -0.4 is 5.30 Å². The fraction of sp³-hybridized carbons (Fsp3) is 0.667. The minimum atomic E-state index is -1.37. The lowest BCUT2D eigenvalue weighted by Gasteiger charge is -2.29. The summed E-state index contributed by atoms with van der Waals surface area (Å²) < 4.78 is 0. The number of rotatable bonds is 10. The molecule has 1 rings (SSSR count). The van der Waals surface area contributed by atoms with Gasteiger partial charge in [0.1, 0.15) is 10.3 Å². The van der Waals surface area contributed by atoms with Gasteiger partial charge in [0, 0.05) is 13.3 Å². The molecular formula is C18H28Cl4P+. The van der Waals surface area contributed by atoms with Gasteiger partial charge < -0.3 is 0 Å². The Balaban J connectivity index is 3.40. The molecular weight excluding hydrogens is 389 g/mol. The molecule has 23 heavy (non-hydrogen) atoms. The van der Waals surface area contributed by atoms with Crippen molar-refractivity contribution in [2.75, 3.05) is 18.5 Å². The maximum atomic E-state index is 6.64. The predicted octanol–water partition coefficient (Wildman–Crippen LogP) is 8.34. The Morgan fingerprint density at radius 3 is 1.52 bits per heavy atom. The molecule has 0 N–H and O–H groups in total. The summed E-state index contributed by atoms with van der Waals surface area (Å²) in [4.78, 5) is 0. The summed E-state index contributed by atoms with van der Waals surface area (Å²) in [5.74, 6) is 0. The first kappa shape index (κ1) is 21.9. The number of unbranched alkanes of at least 4 members (excludes halogenated alkanes) is 3. The summed E-state index contributed by atoms with van der Waals surface area (Å²) in [7, 11) is -1.37. The molecule has 5 heteroatoms. The van der Waals surface area contributed by atoms with Crippen LogP contribution in [0.5, 0.6) is 0 Å². The topological polar surface area (TPSA) is 0 Å². The van der Waals surface area contributed by atoms with E-state index >= 15 is 0 Å². The zero-order chi connectivity index (χ0) is 17.5. The van der Waals surface area contributed by atoms with E-state index in [2.05, 4.69) is 20.8 Å². The Kier molecular flexibility index (Phi) is 10.2. The first-order chi connectivity index (χ1) is 10.9. The molecule has 0 aliphatic heterocycles. The largest absolute Gasteiger partial charge is 0.115 e. The minimum Gasteiger partial charge on any atom is -0.0825 e. The molecule has 1 aromatic rings. The second-order valence-electron chi connectivity index (χ2n) is 6.20. The fourth-order valence-electron chi connectivity index (χ4n) is 2.98. The lowest BCUT2D eigenvalue weighted by molar-refractivity contribution is 0.841. The van der Waals surface area contributed by atoms with Gasteiger partial charge in [-0.3, -0.25) is 0 Å². The van der Waals surface area contributed by atoms with Gasteiger partial charge in [0.05, 0.1) is 33.6 Å². The van der Waals surface area contributed by atoms with E-state index in [1.807, 2.05) is 6.07 Å². The summed E-state index contributed by atoms with van der Waals surface area (Å²) >= 11 is 25.5. The monoisotopic (exact) mass is 415 g/mol. The quantitative estimate of drug-likeness (QED) is 0.204. The van der Waals surface area contributed by atoms with Gasteiger partial charge in [-0.2, -0.15) is 0 Å². The normalized spacial score (nSPS) is 12.0. The van der Waals surface area contributed by atoms with Crippen molar-refractivity contribution < 1.29 is 0 Å². The van der Waals surface area contributed by atoms with E-state index in [0.717, 1.165) is 0 Å². The molecule has 0 fully saturated rings. The maximum Gasteiger partial charge on any atom is 0.115 e. The average Bonchev–Trinajstić information content (AvgIpc) is 2.56. The number of halogens is 4. The summed E-state index contributed by atoms with van der Waals surface area (Å²) in [5, 5.41) is 3.17. The van der Waals surface area contributed by atoms with Gasteiger partial charge in [-0.05, 0) is 19.3 Å². The minimum absolute atomic E-state index is 0.377. The van der Waals surface area contributed by atoms with Crippen molar-refractivity contribution in [3.05, 3.63) is 26.2 Å². The molecule has 0 aliphatic rings. The molecule has 0 spiro atoms. The highest BCUT2D eigenvalue weighted by Crippen LogP contribution is 2.62. The molecule has 0 bridgehead atoms. The predicted molar refractivity (Wildman–Crippen MR) is 112 cm³/mol. The van der Waals surface area contributed by atoms with Crippen LogP contribution in [0, 0.1) is 0 Å². The first-order valence-electron chi connectivity index (χ1n) is 8.63. The van der Waals surface area contributed by atoms with E-state index in [9.17, 15) is 0 Å². The van der Waals surface area contributed by atoms with Crippen LogP contribution in [0.25, 0.3) is 0 Å². The molecule has 0 atom stereocenters. The molecule has 0 saturated heterocycles. The van der Waals surface area contributed by atoms with Crippen LogP contribution >= 0.6 is 53.7 Å². The molecule has 0 amide bonds. The van der Waals surface area contributed by atoms with Crippen LogP contribution in [-0.2, 0) is 0 Å². The standard InChI is InChI=1S/C18H28Cl4P/c1-4-7-10-23(11-8-5-2,12-9-6-3)15-13-14(19)16(20)18(22)17(15)21/h13H,4-12H2,1-3H3/q+1. The van der Waals surface area contributed by atoms with E-state index in [0.29, 0.717) is 20.1 Å². The van der Waals surface area contributed by atoms with Crippen molar-refractivity contribution in [3.8, 4) is 0 Å². The second-order valence-corrected chi connectivity index (χ2v) is 11.9. The van der Waals surface area contributed by atoms with E-state index in [1.165, 1.54) is 62.3 Å². The van der Waals surface area contributed by atoms with Gasteiger partial charge in [0.15, 0.2) is 0 Å². The number of benzene rings is 1. The molecule has 0 aromatic heterocycles. The molecule has 0 aliphatic carbocycles. The SMILES string of the molecule is CCCC[P+](CCCC)(CCCC)c1cc(Cl)c(Cl)c(Cl)c1Cl. The zero-order valence-electron chi connectivity index (χ0n) is 14.4. The van der Waals surface area contributed by atoms with Gasteiger partial charge in [0.25, 0.3) is 0 Å². The van der Waals surface area contributed by atoms with E-state index in [4.69, 9.17) is 46.4 Å². The first-order valence-corrected chi connectivity index (χ1v) is 12.5. The van der Waals surface area contributed by atoms with Crippen LogP contribution in [0.1, 0.15) is 59.3 Å². The van der Waals surface area contributed by atoms with Crippen LogP contribution in [0.4, 0.5) is 0 Å². The van der Waals surface area contributed by atoms with E-state index in [1.54, 1.807) is 0 Å². The van der Waals surface area contributed by atoms with Gasteiger partial charge in [-0.15, -0.1) is 0 Å². The Morgan fingerprint density at radius 1 is 0.696 bits per heavy atom. The molecule has 0 heterocycles. The van der Waals surface area contributed by atoms with Crippen LogP contribution in [0.2, 0.25) is 20.1 Å². The lowest BCUT2D eigenvalue weighted by atomic mass is 10.3. The van der Waals surface area contributed by atoms with Gasteiger partial charge in [-0.25, -0.2) is 0 Å². The molecule has 132 valence electrons. The Hall–Kier alpha value is 0.810. The highest BCUT2D eigenvalue weighted by Gasteiger charge is 2.41. The van der Waals surface area contributed by atoms with Crippen molar-refractivity contribution in [1.82, 2.24) is 0 Å². The third-order valence-electron chi connectivity index (χ3n) is 4.41. The molecule has 0 radical (unpaired) electrons. The highest BCUT2D eigenvalue weighted by molar-refractivity contribution is 7.83. The maximum absolute atomic E-state index is 6.64. The molecule has 0 saturated carbocycles. The number of hydrogen-bond donors (Lipinski definition) is 0. The van der Waals surface area contributed by atoms with Gasteiger partial charge in [-0.1, -0.05) is 86.4 Å². The van der Waals surface area contributed by atoms with Crippen molar-refractivity contribution in [3.63, 3.8) is 0 Å². The smallest absolute Gasteiger partial charge is 0.0825 e. The Bertz CT molecular complexity index is 481. The van der Waals surface area contributed by atoms with Crippen LogP contribution in [-0.4, -0.2) is 18.5 Å². The third-order valence-corrected chi connectivity index (χ3v) is 11.2. The van der Waals surface area contributed by atoms with Crippen LogP contribution in [0.3, 0.4) is 0 Å². The summed E-state index contributed by atoms with van der Waals surface area (Å²) in [5.41, 5.74) is 0. The molecule has 0 unspecified atom stereocenters. The van der Waals surface area contributed by atoms with Crippen LogP contribution in [0.15, 0.2) is 6.07 Å². The van der Waals surface area contributed by atoms with Crippen molar-refractivity contribution >= 4 is 59.0 Å². The van der Waals surface area contributed by atoms with Gasteiger partial charge >= 0.3 is 0 Å². The highest BCUT2D eigenvalue weighted by atomic mass is 35.5. The summed E-state index contributed by atoms with van der Waals surface area (Å²) in [6.45, 7) is 6.74. The summed E-state index contributed by atoms with van der Waals surface area (Å²) in [6, 6.07) is 2.01. The summed E-state index contributed by atoms with van der Waals surface area (Å²) in [6.07, 6.45) is 11.0. The fourth-order valence-corrected chi connectivity index (χ4v) is 9.56.